The molecule has 0 spiro atoms. The molecule has 4 heteroatoms. The first-order valence-corrected chi connectivity index (χ1v) is 10.7. The van der Waals surface area contributed by atoms with Gasteiger partial charge in [-0.05, 0) is 71.1 Å². The molecule has 27 heavy (non-hydrogen) atoms. The number of likely N-dealkylation sites (tertiary alicyclic amines) is 2. The second-order valence-corrected chi connectivity index (χ2v) is 8.32. The molecular weight excluding hydrogens is 342 g/mol. The van der Waals surface area contributed by atoms with Gasteiger partial charge >= 0.3 is 0 Å². The van der Waals surface area contributed by atoms with Crippen LogP contribution in [0.5, 0.6) is 0 Å². The summed E-state index contributed by atoms with van der Waals surface area (Å²) in [4.78, 5) is 4.35. The highest BCUT2D eigenvalue weighted by Gasteiger charge is 2.48. The fraction of sp³-hybridized carbons (Fsp3) is 0.739. The van der Waals surface area contributed by atoms with Gasteiger partial charge in [-0.3, -0.25) is 4.90 Å². The van der Waals surface area contributed by atoms with E-state index in [0.29, 0.717) is 19.0 Å². The van der Waals surface area contributed by atoms with Crippen molar-refractivity contribution in [2.24, 2.45) is 11.8 Å². The number of benzene rings is 1. The van der Waals surface area contributed by atoms with Crippen LogP contribution in [0.2, 0.25) is 0 Å². The zero-order chi connectivity index (χ0) is 20.0. The highest BCUT2D eigenvalue weighted by atomic mass is 19.3. The molecule has 154 valence electrons. The normalized spacial score (nSPS) is 24.5. The Bertz CT molecular complexity index is 548. The lowest BCUT2D eigenvalue weighted by Crippen LogP contribution is -2.52. The second kappa shape index (κ2) is 9.97. The molecule has 1 unspecified atom stereocenters. The standard InChI is InChI=1S/C21H32F2N2.C2H6/c1-16(2)25-12-8-19(9-13-25)20-10-11-24(15-21(20,22)23)14-18-6-4-17(3)5-7-18;1-2/h4-7,16,19-20H,8-15H2,1-3H3;1-2H3. The van der Waals surface area contributed by atoms with Gasteiger partial charge in [-0.15, -0.1) is 0 Å². The van der Waals surface area contributed by atoms with Crippen molar-refractivity contribution < 1.29 is 8.78 Å². The first kappa shape index (κ1) is 22.3. The molecule has 0 aromatic heterocycles. The van der Waals surface area contributed by atoms with Crippen LogP contribution in [0, 0.1) is 18.8 Å². The fourth-order valence-electron chi connectivity index (χ4n) is 4.53. The summed E-state index contributed by atoms with van der Waals surface area (Å²) >= 11 is 0. The van der Waals surface area contributed by atoms with Crippen molar-refractivity contribution in [3.63, 3.8) is 0 Å². The monoisotopic (exact) mass is 380 g/mol. The smallest absolute Gasteiger partial charge is 0.263 e. The minimum atomic E-state index is -2.56. The van der Waals surface area contributed by atoms with Crippen LogP contribution in [-0.2, 0) is 6.54 Å². The third-order valence-corrected chi connectivity index (χ3v) is 6.13. The number of alkyl halides is 2. The van der Waals surface area contributed by atoms with Crippen LogP contribution >= 0.6 is 0 Å². The van der Waals surface area contributed by atoms with Crippen LogP contribution in [0.1, 0.15) is 58.1 Å². The Hall–Kier alpha value is -1.00. The van der Waals surface area contributed by atoms with Gasteiger partial charge in [-0.2, -0.15) is 0 Å². The lowest BCUT2D eigenvalue weighted by atomic mass is 9.76. The molecule has 1 atom stereocenters. The largest absolute Gasteiger partial charge is 0.301 e. The second-order valence-electron chi connectivity index (χ2n) is 8.32. The summed E-state index contributed by atoms with van der Waals surface area (Å²) in [6, 6.07) is 8.76. The lowest BCUT2D eigenvalue weighted by molar-refractivity contribution is -0.137. The van der Waals surface area contributed by atoms with E-state index in [9.17, 15) is 8.78 Å². The van der Waals surface area contributed by atoms with Crippen molar-refractivity contribution in [3.05, 3.63) is 35.4 Å². The van der Waals surface area contributed by atoms with Gasteiger partial charge in [-0.25, -0.2) is 8.78 Å². The summed E-state index contributed by atoms with van der Waals surface area (Å²) in [6.07, 6.45) is 2.48. The molecule has 0 saturated carbocycles. The van der Waals surface area contributed by atoms with E-state index in [-0.39, 0.29) is 12.5 Å². The van der Waals surface area contributed by atoms with Gasteiger partial charge in [0.25, 0.3) is 5.92 Å². The molecule has 0 amide bonds. The molecule has 0 radical (unpaired) electrons. The van der Waals surface area contributed by atoms with Crippen molar-refractivity contribution >= 4 is 0 Å². The van der Waals surface area contributed by atoms with Gasteiger partial charge in [0.1, 0.15) is 0 Å². The number of piperidine rings is 2. The van der Waals surface area contributed by atoms with Gasteiger partial charge < -0.3 is 4.90 Å². The van der Waals surface area contributed by atoms with Gasteiger partial charge in [0.2, 0.25) is 0 Å². The van der Waals surface area contributed by atoms with E-state index in [1.54, 1.807) is 0 Å². The summed E-state index contributed by atoms with van der Waals surface area (Å²) in [5.41, 5.74) is 2.34. The van der Waals surface area contributed by atoms with Crippen molar-refractivity contribution in [2.45, 2.75) is 72.4 Å². The molecule has 2 aliphatic heterocycles. The van der Waals surface area contributed by atoms with Crippen LogP contribution < -0.4 is 0 Å². The van der Waals surface area contributed by atoms with Crippen molar-refractivity contribution in [2.75, 3.05) is 26.2 Å². The van der Waals surface area contributed by atoms with Crippen LogP contribution in [0.25, 0.3) is 0 Å². The summed E-state index contributed by atoms with van der Waals surface area (Å²) < 4.78 is 29.7. The molecule has 0 bridgehead atoms. The minimum absolute atomic E-state index is 0.0874. The van der Waals surface area contributed by atoms with Crippen LogP contribution in [0.15, 0.2) is 24.3 Å². The van der Waals surface area contributed by atoms with E-state index in [4.69, 9.17) is 0 Å². The molecule has 1 aromatic carbocycles. The molecule has 2 nitrogen and oxygen atoms in total. The molecule has 0 N–H and O–H groups in total. The van der Waals surface area contributed by atoms with Crippen LogP contribution in [-0.4, -0.2) is 47.9 Å². The average molecular weight is 381 g/mol. The number of nitrogens with zero attached hydrogens (tertiary/aromatic N) is 2. The Morgan fingerprint density at radius 1 is 1.00 bits per heavy atom. The molecule has 3 rings (SSSR count). The Balaban J connectivity index is 0.00000126. The number of aryl methyl sites for hydroxylation is 1. The third-order valence-electron chi connectivity index (χ3n) is 6.13. The molecule has 0 aliphatic carbocycles. The summed E-state index contributed by atoms with van der Waals surface area (Å²) in [7, 11) is 0. The summed E-state index contributed by atoms with van der Waals surface area (Å²) in [5, 5.41) is 0. The molecular formula is C23H38F2N2. The zero-order valence-electron chi connectivity index (χ0n) is 17.8. The third kappa shape index (κ3) is 5.99. The van der Waals surface area contributed by atoms with E-state index in [0.717, 1.165) is 38.0 Å². The van der Waals surface area contributed by atoms with Crippen LogP contribution in [0.3, 0.4) is 0 Å². The molecule has 2 aliphatic rings. The minimum Gasteiger partial charge on any atom is -0.301 e. The number of hydrogen-bond donors (Lipinski definition) is 0. The quantitative estimate of drug-likeness (QED) is 0.671. The predicted octanol–water partition coefficient (Wildman–Crippen LogP) is 5.60. The van der Waals surface area contributed by atoms with Gasteiger partial charge in [0.05, 0.1) is 6.54 Å². The Morgan fingerprint density at radius 3 is 2.11 bits per heavy atom. The van der Waals surface area contributed by atoms with Gasteiger partial charge in [-0.1, -0.05) is 43.7 Å². The van der Waals surface area contributed by atoms with E-state index >= 15 is 0 Å². The van der Waals surface area contributed by atoms with E-state index < -0.39 is 11.8 Å². The Labute approximate surface area is 164 Å². The fourth-order valence-corrected chi connectivity index (χ4v) is 4.53. The van der Waals surface area contributed by atoms with E-state index in [1.165, 1.54) is 5.56 Å². The van der Waals surface area contributed by atoms with Gasteiger partial charge in [0.15, 0.2) is 0 Å². The Kier molecular flexibility index (Phi) is 8.23. The highest BCUT2D eigenvalue weighted by Crippen LogP contribution is 2.42. The Morgan fingerprint density at radius 2 is 1.59 bits per heavy atom. The van der Waals surface area contributed by atoms with E-state index in [1.807, 2.05) is 25.7 Å². The topological polar surface area (TPSA) is 6.48 Å². The van der Waals surface area contributed by atoms with Crippen molar-refractivity contribution in [1.29, 1.82) is 0 Å². The molecule has 2 fully saturated rings. The number of hydrogen-bond acceptors (Lipinski definition) is 2. The zero-order valence-corrected chi connectivity index (χ0v) is 17.8. The molecule has 2 heterocycles. The van der Waals surface area contributed by atoms with E-state index in [2.05, 4.69) is 43.0 Å². The molecule has 1 aromatic rings. The number of halogens is 2. The lowest BCUT2D eigenvalue weighted by Gasteiger charge is -2.45. The maximum absolute atomic E-state index is 14.9. The molecule has 2 saturated heterocycles. The number of rotatable bonds is 4. The van der Waals surface area contributed by atoms with Crippen LogP contribution in [0.4, 0.5) is 8.78 Å². The van der Waals surface area contributed by atoms with Crippen molar-refractivity contribution in [3.8, 4) is 0 Å². The average Bonchev–Trinajstić information content (AvgIpc) is 2.65. The SMILES string of the molecule is CC.Cc1ccc(CN2CCC(C3CCN(C(C)C)CC3)C(F)(F)C2)cc1. The first-order valence-electron chi connectivity index (χ1n) is 10.7. The first-order chi connectivity index (χ1) is 12.8. The summed E-state index contributed by atoms with van der Waals surface area (Å²) in [5.74, 6) is -2.81. The predicted molar refractivity (Wildman–Crippen MR) is 110 cm³/mol. The highest BCUT2D eigenvalue weighted by molar-refractivity contribution is 5.21. The van der Waals surface area contributed by atoms with Crippen molar-refractivity contribution in [1.82, 2.24) is 9.80 Å². The maximum Gasteiger partial charge on any atom is 0.263 e. The van der Waals surface area contributed by atoms with Gasteiger partial charge in [0, 0.05) is 18.5 Å². The maximum atomic E-state index is 14.9. The summed E-state index contributed by atoms with van der Waals surface area (Å²) in [6.45, 7) is 13.7.